The van der Waals surface area contributed by atoms with E-state index in [1.807, 2.05) is 0 Å². The number of carbonyl (C=O) groups is 2. The molecular formula is C11H14N4O5. The van der Waals surface area contributed by atoms with E-state index in [-0.39, 0.29) is 12.4 Å². The fourth-order valence-electron chi connectivity index (χ4n) is 2.25. The Bertz CT molecular complexity index is 541. The second-order valence-electron chi connectivity index (χ2n) is 4.57. The molecule has 1 aliphatic rings. The lowest BCUT2D eigenvalue weighted by molar-refractivity contribution is -0.389. The van der Waals surface area contributed by atoms with Gasteiger partial charge in [0.25, 0.3) is 0 Å². The minimum atomic E-state index is -1.02. The van der Waals surface area contributed by atoms with Crippen LogP contribution in [0.3, 0.4) is 0 Å². The number of likely N-dealkylation sites (tertiary alicyclic amines) is 1. The average Bonchev–Trinajstić information content (AvgIpc) is 2.87. The van der Waals surface area contributed by atoms with Crippen LogP contribution in [0.25, 0.3) is 0 Å². The first-order valence-electron chi connectivity index (χ1n) is 6.19. The molecule has 1 N–H and O–H groups in total. The smallest absolute Gasteiger partial charge is 0.389 e. The number of hydrogen-bond donors (Lipinski definition) is 1. The predicted molar refractivity (Wildman–Crippen MR) is 65.9 cm³/mol. The molecule has 1 aromatic rings. The van der Waals surface area contributed by atoms with E-state index in [4.69, 9.17) is 5.11 Å². The Labute approximate surface area is 113 Å². The van der Waals surface area contributed by atoms with Gasteiger partial charge in [0.05, 0.1) is 17.4 Å². The number of aliphatic carboxylic acids is 1. The SMILES string of the molecule is O=C(O)[C@@H]1CCCCN1C(=O)Cn1ccc([N+](=O)[O-])n1. The van der Waals surface area contributed by atoms with Crippen molar-refractivity contribution in [2.24, 2.45) is 0 Å². The molecule has 1 amide bonds. The molecule has 0 bridgehead atoms. The van der Waals surface area contributed by atoms with E-state index in [9.17, 15) is 19.7 Å². The summed E-state index contributed by atoms with van der Waals surface area (Å²) >= 11 is 0. The van der Waals surface area contributed by atoms with Crippen LogP contribution < -0.4 is 0 Å². The van der Waals surface area contributed by atoms with E-state index < -0.39 is 22.8 Å². The maximum Gasteiger partial charge on any atom is 0.389 e. The van der Waals surface area contributed by atoms with Crippen molar-refractivity contribution >= 4 is 17.7 Å². The van der Waals surface area contributed by atoms with Crippen LogP contribution in [-0.2, 0) is 16.1 Å². The topological polar surface area (TPSA) is 119 Å². The Kier molecular flexibility index (Phi) is 3.97. The largest absolute Gasteiger partial charge is 0.480 e. The molecule has 20 heavy (non-hydrogen) atoms. The second kappa shape index (κ2) is 5.68. The minimum absolute atomic E-state index is 0.197. The molecule has 1 saturated heterocycles. The third-order valence-corrected chi connectivity index (χ3v) is 3.22. The van der Waals surface area contributed by atoms with Crippen LogP contribution >= 0.6 is 0 Å². The first-order chi connectivity index (χ1) is 9.49. The summed E-state index contributed by atoms with van der Waals surface area (Å²) in [6.07, 6.45) is 3.29. The number of amides is 1. The van der Waals surface area contributed by atoms with Gasteiger partial charge in [-0.3, -0.25) is 4.79 Å². The highest BCUT2D eigenvalue weighted by atomic mass is 16.6. The van der Waals surface area contributed by atoms with Crippen molar-refractivity contribution in [2.75, 3.05) is 6.54 Å². The summed E-state index contributed by atoms with van der Waals surface area (Å²) in [5.41, 5.74) is 0. The quantitative estimate of drug-likeness (QED) is 0.624. The molecule has 0 unspecified atom stereocenters. The molecule has 2 heterocycles. The number of carboxylic acids is 1. The number of piperidine rings is 1. The van der Waals surface area contributed by atoms with Gasteiger partial charge in [0.1, 0.15) is 12.6 Å². The Balaban J connectivity index is 2.05. The predicted octanol–water partition coefficient (Wildman–Crippen LogP) is 0.257. The van der Waals surface area contributed by atoms with Crippen molar-refractivity contribution in [3.8, 4) is 0 Å². The van der Waals surface area contributed by atoms with Gasteiger partial charge >= 0.3 is 11.8 Å². The van der Waals surface area contributed by atoms with Crippen LogP contribution in [0.5, 0.6) is 0 Å². The summed E-state index contributed by atoms with van der Waals surface area (Å²) in [4.78, 5) is 34.4. The summed E-state index contributed by atoms with van der Waals surface area (Å²) in [6, 6.07) is 0.375. The summed E-state index contributed by atoms with van der Waals surface area (Å²) in [6.45, 7) is 0.191. The van der Waals surface area contributed by atoms with Crippen molar-refractivity contribution < 1.29 is 19.6 Å². The van der Waals surface area contributed by atoms with Gasteiger partial charge in [-0.05, 0) is 24.2 Å². The lowest BCUT2D eigenvalue weighted by Gasteiger charge is -2.32. The zero-order valence-electron chi connectivity index (χ0n) is 10.6. The van der Waals surface area contributed by atoms with Crippen LogP contribution in [0.4, 0.5) is 5.82 Å². The molecule has 2 rings (SSSR count). The zero-order valence-corrected chi connectivity index (χ0v) is 10.6. The molecule has 0 aliphatic carbocycles. The number of nitrogens with zero attached hydrogens (tertiary/aromatic N) is 4. The Morgan fingerprint density at radius 3 is 2.85 bits per heavy atom. The van der Waals surface area contributed by atoms with Gasteiger partial charge in [0, 0.05) is 6.54 Å². The molecule has 0 radical (unpaired) electrons. The molecule has 0 spiro atoms. The van der Waals surface area contributed by atoms with Crippen molar-refractivity contribution in [3.63, 3.8) is 0 Å². The first-order valence-corrected chi connectivity index (χ1v) is 6.19. The summed E-state index contributed by atoms with van der Waals surface area (Å²) < 4.78 is 1.15. The van der Waals surface area contributed by atoms with Crippen molar-refractivity contribution in [1.29, 1.82) is 0 Å². The molecule has 0 saturated carbocycles. The summed E-state index contributed by atoms with van der Waals surface area (Å²) in [7, 11) is 0. The molecular weight excluding hydrogens is 268 g/mol. The third kappa shape index (κ3) is 2.92. The highest BCUT2D eigenvalue weighted by molar-refractivity contribution is 5.83. The lowest BCUT2D eigenvalue weighted by Crippen LogP contribution is -2.49. The van der Waals surface area contributed by atoms with E-state index >= 15 is 0 Å². The minimum Gasteiger partial charge on any atom is -0.480 e. The molecule has 9 nitrogen and oxygen atoms in total. The fourth-order valence-corrected chi connectivity index (χ4v) is 2.25. The molecule has 108 valence electrons. The van der Waals surface area contributed by atoms with Gasteiger partial charge in [-0.2, -0.15) is 4.68 Å². The van der Waals surface area contributed by atoms with E-state index in [1.165, 1.54) is 17.2 Å². The molecule has 1 fully saturated rings. The van der Waals surface area contributed by atoms with Crippen molar-refractivity contribution in [3.05, 3.63) is 22.4 Å². The second-order valence-corrected chi connectivity index (χ2v) is 4.57. The van der Waals surface area contributed by atoms with Crippen molar-refractivity contribution in [1.82, 2.24) is 14.7 Å². The number of carbonyl (C=O) groups excluding carboxylic acids is 1. The number of carboxylic acid groups (broad SMARTS) is 1. The molecule has 1 aromatic heterocycles. The molecule has 9 heteroatoms. The van der Waals surface area contributed by atoms with E-state index in [1.54, 1.807) is 0 Å². The van der Waals surface area contributed by atoms with Gasteiger partial charge in [-0.1, -0.05) is 0 Å². The zero-order chi connectivity index (χ0) is 14.7. The lowest BCUT2D eigenvalue weighted by atomic mass is 10.0. The summed E-state index contributed by atoms with van der Waals surface area (Å²) in [5.74, 6) is -1.76. The van der Waals surface area contributed by atoms with Crippen LogP contribution in [0, 0.1) is 10.1 Å². The Hall–Kier alpha value is -2.45. The van der Waals surface area contributed by atoms with E-state index in [2.05, 4.69) is 5.10 Å². The number of rotatable bonds is 4. The fraction of sp³-hybridized carbons (Fsp3) is 0.545. The molecule has 0 aromatic carbocycles. The number of nitro groups is 1. The number of aromatic nitrogens is 2. The van der Waals surface area contributed by atoms with E-state index in [0.717, 1.165) is 17.5 Å². The third-order valence-electron chi connectivity index (χ3n) is 3.22. The normalized spacial score (nSPS) is 18.8. The highest BCUT2D eigenvalue weighted by Crippen LogP contribution is 2.18. The maximum atomic E-state index is 12.1. The van der Waals surface area contributed by atoms with Crippen LogP contribution in [0.2, 0.25) is 0 Å². The van der Waals surface area contributed by atoms with Gasteiger partial charge in [0.15, 0.2) is 0 Å². The Morgan fingerprint density at radius 2 is 2.25 bits per heavy atom. The van der Waals surface area contributed by atoms with Crippen LogP contribution in [-0.4, -0.2) is 49.2 Å². The molecule has 1 aliphatic heterocycles. The highest BCUT2D eigenvalue weighted by Gasteiger charge is 2.32. The van der Waals surface area contributed by atoms with Gasteiger partial charge in [-0.15, -0.1) is 0 Å². The van der Waals surface area contributed by atoms with Crippen LogP contribution in [0.15, 0.2) is 12.3 Å². The van der Waals surface area contributed by atoms with Gasteiger partial charge in [0.2, 0.25) is 5.91 Å². The average molecular weight is 282 g/mol. The number of hydrogen-bond acceptors (Lipinski definition) is 5. The van der Waals surface area contributed by atoms with Gasteiger partial charge < -0.3 is 20.1 Å². The van der Waals surface area contributed by atoms with Crippen molar-refractivity contribution in [2.45, 2.75) is 31.8 Å². The van der Waals surface area contributed by atoms with Crippen LogP contribution in [0.1, 0.15) is 19.3 Å². The molecule has 1 atom stereocenters. The standard InChI is InChI=1S/C11H14N4O5/c16-10(7-13-6-4-9(12-13)15(19)20)14-5-2-1-3-8(14)11(17)18/h4,6,8H,1-3,5,7H2,(H,17,18)/t8-/m0/s1. The van der Waals surface area contributed by atoms with E-state index in [0.29, 0.717) is 13.0 Å². The maximum absolute atomic E-state index is 12.1. The monoisotopic (exact) mass is 282 g/mol. The Morgan fingerprint density at radius 1 is 1.50 bits per heavy atom. The summed E-state index contributed by atoms with van der Waals surface area (Å²) in [5, 5.41) is 23.2. The van der Waals surface area contributed by atoms with Gasteiger partial charge in [-0.25, -0.2) is 4.79 Å². The first kappa shape index (κ1) is 14.0.